The molecule has 0 aliphatic rings. The van der Waals surface area contributed by atoms with Gasteiger partial charge in [0.05, 0.1) is 0 Å². The summed E-state index contributed by atoms with van der Waals surface area (Å²) in [5, 5.41) is 6.41. The number of methoxy groups -OCH3 is 1. The van der Waals surface area contributed by atoms with Crippen LogP contribution in [0.4, 0.5) is 0 Å². The van der Waals surface area contributed by atoms with E-state index in [0.717, 1.165) is 6.42 Å². The van der Waals surface area contributed by atoms with Gasteiger partial charge in [-0.15, -0.1) is 0 Å². The Morgan fingerprint density at radius 1 is 1.75 bits per heavy atom. The molecule has 6 heteroatoms. The SMILES string of the molecule is CCC(CN)NC(=O)c1cc(COC)on1. The topological polar surface area (TPSA) is 90.4 Å². The number of hydrogen-bond acceptors (Lipinski definition) is 5. The standard InChI is InChI=1S/C10H17N3O3/c1-3-7(5-11)12-10(14)9-4-8(6-15-2)16-13-9/h4,7H,3,5-6,11H2,1-2H3,(H,12,14). The first-order valence-electron chi connectivity index (χ1n) is 5.16. The van der Waals surface area contributed by atoms with E-state index in [-0.39, 0.29) is 17.6 Å². The number of carbonyl (C=O) groups excluding carboxylic acids is 1. The van der Waals surface area contributed by atoms with Gasteiger partial charge in [0, 0.05) is 25.8 Å². The van der Waals surface area contributed by atoms with Crippen LogP contribution in [0.3, 0.4) is 0 Å². The van der Waals surface area contributed by atoms with Gasteiger partial charge in [0.1, 0.15) is 6.61 Å². The fourth-order valence-electron chi connectivity index (χ4n) is 1.22. The minimum absolute atomic E-state index is 0.0323. The maximum Gasteiger partial charge on any atom is 0.273 e. The van der Waals surface area contributed by atoms with E-state index in [1.165, 1.54) is 0 Å². The Kier molecular flexibility index (Phi) is 4.94. The Morgan fingerprint density at radius 2 is 2.50 bits per heavy atom. The Bertz CT molecular complexity index is 334. The third-order valence-electron chi connectivity index (χ3n) is 2.19. The summed E-state index contributed by atoms with van der Waals surface area (Å²) in [5.41, 5.74) is 5.73. The van der Waals surface area contributed by atoms with E-state index in [1.54, 1.807) is 13.2 Å². The van der Waals surface area contributed by atoms with Gasteiger partial charge in [-0.2, -0.15) is 0 Å². The van der Waals surface area contributed by atoms with Crippen LogP contribution in [0.2, 0.25) is 0 Å². The van der Waals surface area contributed by atoms with Crippen molar-refractivity contribution in [3.8, 4) is 0 Å². The summed E-state index contributed by atoms with van der Waals surface area (Å²) in [6.45, 7) is 2.66. The lowest BCUT2D eigenvalue weighted by Gasteiger charge is -2.12. The van der Waals surface area contributed by atoms with Crippen molar-refractivity contribution in [1.29, 1.82) is 0 Å². The molecule has 0 spiro atoms. The maximum absolute atomic E-state index is 11.7. The maximum atomic E-state index is 11.7. The number of hydrogen-bond donors (Lipinski definition) is 2. The molecule has 0 aliphatic carbocycles. The smallest absolute Gasteiger partial charge is 0.273 e. The zero-order valence-electron chi connectivity index (χ0n) is 9.53. The third-order valence-corrected chi connectivity index (χ3v) is 2.19. The Labute approximate surface area is 94.1 Å². The van der Waals surface area contributed by atoms with Crippen molar-refractivity contribution >= 4 is 5.91 Å². The van der Waals surface area contributed by atoms with Crippen molar-refractivity contribution in [2.75, 3.05) is 13.7 Å². The van der Waals surface area contributed by atoms with Crippen LogP contribution in [0.5, 0.6) is 0 Å². The zero-order valence-corrected chi connectivity index (χ0v) is 9.53. The second-order valence-electron chi connectivity index (χ2n) is 3.43. The molecular weight excluding hydrogens is 210 g/mol. The third kappa shape index (κ3) is 3.32. The lowest BCUT2D eigenvalue weighted by molar-refractivity contribution is 0.0927. The lowest BCUT2D eigenvalue weighted by Crippen LogP contribution is -2.39. The Morgan fingerprint density at radius 3 is 3.06 bits per heavy atom. The molecule has 0 aromatic carbocycles. The van der Waals surface area contributed by atoms with E-state index in [9.17, 15) is 4.79 Å². The van der Waals surface area contributed by atoms with Crippen LogP contribution in [0.1, 0.15) is 29.6 Å². The van der Waals surface area contributed by atoms with Gasteiger partial charge < -0.3 is 20.3 Å². The van der Waals surface area contributed by atoms with Crippen LogP contribution < -0.4 is 11.1 Å². The first-order chi connectivity index (χ1) is 7.71. The quantitative estimate of drug-likeness (QED) is 0.728. The molecule has 1 unspecified atom stereocenters. The summed E-state index contributed by atoms with van der Waals surface area (Å²) in [6.07, 6.45) is 0.783. The summed E-state index contributed by atoms with van der Waals surface area (Å²) in [6, 6.07) is 1.53. The lowest BCUT2D eigenvalue weighted by atomic mass is 10.2. The summed E-state index contributed by atoms with van der Waals surface area (Å²) in [4.78, 5) is 11.7. The second kappa shape index (κ2) is 6.24. The van der Waals surface area contributed by atoms with Crippen molar-refractivity contribution in [2.45, 2.75) is 26.0 Å². The zero-order chi connectivity index (χ0) is 12.0. The highest BCUT2D eigenvalue weighted by Gasteiger charge is 2.15. The van der Waals surface area contributed by atoms with Crippen molar-refractivity contribution in [3.05, 3.63) is 17.5 Å². The van der Waals surface area contributed by atoms with Gasteiger partial charge in [0.25, 0.3) is 5.91 Å². The van der Waals surface area contributed by atoms with Crippen molar-refractivity contribution in [1.82, 2.24) is 10.5 Å². The van der Waals surface area contributed by atoms with Gasteiger partial charge in [-0.05, 0) is 6.42 Å². The van der Waals surface area contributed by atoms with Crippen LogP contribution >= 0.6 is 0 Å². The molecule has 0 fully saturated rings. The summed E-state index contributed by atoms with van der Waals surface area (Å²) < 4.78 is 9.77. The van der Waals surface area contributed by atoms with E-state index in [4.69, 9.17) is 15.0 Å². The predicted octanol–water partition coefficient (Wildman–Crippen LogP) is 0.288. The molecule has 0 aliphatic heterocycles. The van der Waals surface area contributed by atoms with E-state index < -0.39 is 0 Å². The molecule has 1 amide bonds. The van der Waals surface area contributed by atoms with E-state index in [1.807, 2.05) is 6.92 Å². The first-order valence-corrected chi connectivity index (χ1v) is 5.16. The Hall–Kier alpha value is -1.40. The van der Waals surface area contributed by atoms with Crippen LogP contribution in [-0.4, -0.2) is 30.8 Å². The van der Waals surface area contributed by atoms with Gasteiger partial charge in [0.15, 0.2) is 11.5 Å². The van der Waals surface area contributed by atoms with Gasteiger partial charge >= 0.3 is 0 Å². The Balaban J connectivity index is 2.58. The molecule has 1 heterocycles. The van der Waals surface area contributed by atoms with Crippen molar-refractivity contribution < 1.29 is 14.1 Å². The van der Waals surface area contributed by atoms with Crippen LogP contribution in [0.25, 0.3) is 0 Å². The molecule has 1 aromatic rings. The molecule has 0 radical (unpaired) electrons. The van der Waals surface area contributed by atoms with Crippen molar-refractivity contribution in [2.24, 2.45) is 5.73 Å². The molecule has 6 nitrogen and oxygen atoms in total. The minimum atomic E-state index is -0.275. The molecule has 1 rings (SSSR count). The van der Waals surface area contributed by atoms with Crippen molar-refractivity contribution in [3.63, 3.8) is 0 Å². The number of carbonyl (C=O) groups is 1. The van der Waals surface area contributed by atoms with Gasteiger partial charge in [-0.1, -0.05) is 12.1 Å². The molecular formula is C10H17N3O3. The van der Waals surface area contributed by atoms with Crippen LogP contribution in [0, 0.1) is 0 Å². The van der Waals surface area contributed by atoms with Crippen LogP contribution in [0.15, 0.2) is 10.6 Å². The number of nitrogens with one attached hydrogen (secondary N) is 1. The predicted molar refractivity (Wildman–Crippen MR) is 57.8 cm³/mol. The van der Waals surface area contributed by atoms with E-state index in [2.05, 4.69) is 10.5 Å². The average molecular weight is 227 g/mol. The van der Waals surface area contributed by atoms with Gasteiger partial charge in [-0.25, -0.2) is 0 Å². The molecule has 0 bridgehead atoms. The molecule has 1 atom stereocenters. The van der Waals surface area contributed by atoms with Gasteiger partial charge in [-0.3, -0.25) is 4.79 Å². The summed E-state index contributed by atoms with van der Waals surface area (Å²) in [5.74, 6) is 0.247. The molecule has 90 valence electrons. The van der Waals surface area contributed by atoms with E-state index >= 15 is 0 Å². The fourth-order valence-corrected chi connectivity index (χ4v) is 1.22. The molecule has 0 saturated carbocycles. The number of amides is 1. The molecule has 0 saturated heterocycles. The highest BCUT2D eigenvalue weighted by Crippen LogP contribution is 2.05. The number of nitrogens with two attached hydrogens (primary N) is 1. The van der Waals surface area contributed by atoms with E-state index in [0.29, 0.717) is 18.9 Å². The second-order valence-corrected chi connectivity index (χ2v) is 3.43. The molecule has 16 heavy (non-hydrogen) atoms. The molecule has 1 aromatic heterocycles. The van der Waals surface area contributed by atoms with Crippen LogP contribution in [-0.2, 0) is 11.3 Å². The summed E-state index contributed by atoms with van der Waals surface area (Å²) in [7, 11) is 1.55. The van der Waals surface area contributed by atoms with Gasteiger partial charge in [0.2, 0.25) is 0 Å². The largest absolute Gasteiger partial charge is 0.377 e. The summed E-state index contributed by atoms with van der Waals surface area (Å²) >= 11 is 0. The minimum Gasteiger partial charge on any atom is -0.377 e. The highest BCUT2D eigenvalue weighted by atomic mass is 16.5. The normalized spacial score (nSPS) is 12.4. The number of nitrogens with zero attached hydrogens (tertiary/aromatic N) is 1. The number of ether oxygens (including phenoxy) is 1. The molecule has 3 N–H and O–H groups in total. The first kappa shape index (κ1) is 12.7. The number of aromatic nitrogens is 1. The highest BCUT2D eigenvalue weighted by molar-refractivity contribution is 5.92. The average Bonchev–Trinajstić information content (AvgIpc) is 2.74. The monoisotopic (exact) mass is 227 g/mol. The fraction of sp³-hybridized carbons (Fsp3) is 0.600. The number of rotatable bonds is 6.